The number of aliphatic hydroxyl groups excluding tert-OH is 1. The summed E-state index contributed by atoms with van der Waals surface area (Å²) in [6.45, 7) is 0. The fourth-order valence-electron chi connectivity index (χ4n) is 3.15. The molecule has 0 bridgehead atoms. The highest BCUT2D eigenvalue weighted by atomic mass is 16.5. The summed E-state index contributed by atoms with van der Waals surface area (Å²) in [4.78, 5) is 12.2. The number of ether oxygens (including phenoxy) is 1. The number of hydrogen-bond acceptors (Lipinski definition) is 6. The van der Waals surface area contributed by atoms with Gasteiger partial charge in [-0.05, 0) is 61.4 Å². The van der Waals surface area contributed by atoms with Crippen molar-refractivity contribution in [3.05, 3.63) is 47.5 Å². The van der Waals surface area contributed by atoms with Gasteiger partial charge >= 0.3 is 5.97 Å². The summed E-state index contributed by atoms with van der Waals surface area (Å²) < 4.78 is 5.28. The molecule has 2 aromatic rings. The fraction of sp³-hybridized carbons (Fsp3) is 0.316. The van der Waals surface area contributed by atoms with E-state index in [-0.39, 0.29) is 17.4 Å². The van der Waals surface area contributed by atoms with Gasteiger partial charge in [0.2, 0.25) is 0 Å². The summed E-state index contributed by atoms with van der Waals surface area (Å²) in [7, 11) is 0. The number of aromatic hydroxyl groups is 2. The molecule has 0 heterocycles. The molecule has 1 aliphatic carbocycles. The molecular weight excluding hydrogens is 322 g/mol. The number of anilines is 1. The molecule has 0 saturated heterocycles. The molecule has 25 heavy (non-hydrogen) atoms. The molecule has 6 heteroatoms. The van der Waals surface area contributed by atoms with Crippen molar-refractivity contribution in [3.63, 3.8) is 0 Å². The van der Waals surface area contributed by atoms with Crippen LogP contribution in [0, 0.1) is 0 Å². The van der Waals surface area contributed by atoms with Gasteiger partial charge in [-0.3, -0.25) is 0 Å². The Morgan fingerprint density at radius 1 is 1.00 bits per heavy atom. The lowest BCUT2D eigenvalue weighted by Crippen LogP contribution is -2.17. The minimum atomic E-state index is -0.707. The predicted octanol–water partition coefficient (Wildman–Crippen LogP) is 2.92. The molecule has 0 unspecified atom stereocenters. The Morgan fingerprint density at radius 3 is 2.28 bits per heavy atom. The largest absolute Gasteiger partial charge is 0.504 e. The van der Waals surface area contributed by atoms with Crippen molar-refractivity contribution < 1.29 is 24.9 Å². The van der Waals surface area contributed by atoms with Crippen LogP contribution in [0.4, 0.5) is 5.69 Å². The lowest BCUT2D eigenvalue weighted by molar-refractivity contribution is 0.0735. The first kappa shape index (κ1) is 17.1. The van der Waals surface area contributed by atoms with Crippen LogP contribution in [0.3, 0.4) is 0 Å². The number of carbonyl (C=O) groups excluding carboxylic acids is 1. The summed E-state index contributed by atoms with van der Waals surface area (Å²) in [5.74, 6) is -0.851. The number of esters is 1. The van der Waals surface area contributed by atoms with Crippen molar-refractivity contribution >= 4 is 11.7 Å². The molecule has 132 valence electrons. The maximum absolute atomic E-state index is 12.2. The van der Waals surface area contributed by atoms with E-state index in [4.69, 9.17) is 10.5 Å². The molecule has 3 rings (SSSR count). The zero-order valence-corrected chi connectivity index (χ0v) is 13.7. The summed E-state index contributed by atoms with van der Waals surface area (Å²) in [6.07, 6.45) is 3.33. The van der Waals surface area contributed by atoms with Crippen LogP contribution in [-0.4, -0.2) is 27.4 Å². The molecule has 1 fully saturated rings. The third-order valence-corrected chi connectivity index (χ3v) is 4.67. The van der Waals surface area contributed by atoms with Gasteiger partial charge in [0.05, 0.1) is 17.4 Å². The monoisotopic (exact) mass is 343 g/mol. The van der Waals surface area contributed by atoms with E-state index in [1.54, 1.807) is 12.1 Å². The fourth-order valence-corrected chi connectivity index (χ4v) is 3.15. The van der Waals surface area contributed by atoms with Gasteiger partial charge in [0.15, 0.2) is 11.5 Å². The van der Waals surface area contributed by atoms with Crippen LogP contribution in [0.5, 0.6) is 17.2 Å². The van der Waals surface area contributed by atoms with Crippen molar-refractivity contribution in [1.82, 2.24) is 0 Å². The van der Waals surface area contributed by atoms with Gasteiger partial charge in [-0.2, -0.15) is 0 Å². The highest BCUT2D eigenvalue weighted by molar-refractivity contribution is 5.98. The molecule has 1 saturated carbocycles. The van der Waals surface area contributed by atoms with Gasteiger partial charge in [0.25, 0.3) is 0 Å². The standard InChI is InChI=1S/C19H21NO5/c20-17-15(9-10-16(22)18(17)23)19(24)25-14-7-3-12(4-8-14)11-1-5-13(21)6-2-11/h3-4,7-11,13,21-23H,1-2,5-6,20H2. The Balaban J connectivity index is 1.69. The second kappa shape index (κ2) is 7.03. The first-order valence-electron chi connectivity index (χ1n) is 8.26. The number of benzene rings is 2. The summed E-state index contributed by atoms with van der Waals surface area (Å²) in [5, 5.41) is 28.6. The van der Waals surface area contributed by atoms with Crippen LogP contribution >= 0.6 is 0 Å². The maximum atomic E-state index is 12.2. The van der Waals surface area contributed by atoms with E-state index in [0.717, 1.165) is 31.2 Å². The Kier molecular flexibility index (Phi) is 4.81. The molecule has 0 amide bonds. The molecule has 0 aromatic heterocycles. The lowest BCUT2D eigenvalue weighted by atomic mass is 9.83. The van der Waals surface area contributed by atoms with Crippen molar-refractivity contribution in [2.45, 2.75) is 37.7 Å². The Hall–Kier alpha value is -2.73. The van der Waals surface area contributed by atoms with Gasteiger partial charge in [0, 0.05) is 0 Å². The van der Waals surface area contributed by atoms with Gasteiger partial charge in [0.1, 0.15) is 5.75 Å². The third kappa shape index (κ3) is 3.69. The number of hydrogen-bond donors (Lipinski definition) is 4. The number of phenolic OH excluding ortho intramolecular Hbond substituents is 2. The van der Waals surface area contributed by atoms with E-state index in [2.05, 4.69) is 0 Å². The number of rotatable bonds is 3. The molecule has 5 N–H and O–H groups in total. The van der Waals surface area contributed by atoms with Crippen molar-refractivity contribution in [2.75, 3.05) is 5.73 Å². The van der Waals surface area contributed by atoms with Crippen LogP contribution < -0.4 is 10.5 Å². The van der Waals surface area contributed by atoms with E-state index in [1.807, 2.05) is 12.1 Å². The Bertz CT molecular complexity index is 764. The molecule has 0 atom stereocenters. The first-order valence-corrected chi connectivity index (χ1v) is 8.26. The van der Waals surface area contributed by atoms with E-state index >= 15 is 0 Å². The van der Waals surface area contributed by atoms with Crippen molar-refractivity contribution in [2.24, 2.45) is 0 Å². The van der Waals surface area contributed by atoms with E-state index in [1.165, 1.54) is 12.1 Å². The number of phenols is 2. The summed E-state index contributed by atoms with van der Waals surface area (Å²) >= 11 is 0. The zero-order valence-electron chi connectivity index (χ0n) is 13.7. The van der Waals surface area contributed by atoms with Crippen LogP contribution in [-0.2, 0) is 0 Å². The smallest absolute Gasteiger partial charge is 0.345 e. The molecule has 0 aliphatic heterocycles. The van der Waals surface area contributed by atoms with E-state index < -0.39 is 17.5 Å². The highest BCUT2D eigenvalue weighted by Gasteiger charge is 2.21. The van der Waals surface area contributed by atoms with Crippen LogP contribution in [0.25, 0.3) is 0 Å². The van der Waals surface area contributed by atoms with Gasteiger partial charge in [-0.15, -0.1) is 0 Å². The summed E-state index contributed by atoms with van der Waals surface area (Å²) in [5.41, 5.74) is 6.57. The molecule has 0 radical (unpaired) electrons. The van der Waals surface area contributed by atoms with Crippen LogP contribution in [0.15, 0.2) is 36.4 Å². The van der Waals surface area contributed by atoms with Gasteiger partial charge < -0.3 is 25.8 Å². The molecular formula is C19H21NO5. The topological polar surface area (TPSA) is 113 Å². The minimum Gasteiger partial charge on any atom is -0.504 e. The van der Waals surface area contributed by atoms with Crippen molar-refractivity contribution in [1.29, 1.82) is 0 Å². The van der Waals surface area contributed by atoms with E-state index in [9.17, 15) is 20.1 Å². The normalized spacial score (nSPS) is 20.2. The lowest BCUT2D eigenvalue weighted by Gasteiger charge is -2.25. The third-order valence-electron chi connectivity index (χ3n) is 4.67. The molecule has 0 spiro atoms. The Morgan fingerprint density at radius 2 is 1.64 bits per heavy atom. The SMILES string of the molecule is Nc1c(C(=O)Oc2ccc(C3CCC(O)CC3)cc2)ccc(O)c1O. The number of nitrogen functional groups attached to an aromatic ring is 1. The maximum Gasteiger partial charge on any atom is 0.345 e. The van der Waals surface area contributed by atoms with E-state index in [0.29, 0.717) is 11.7 Å². The molecule has 1 aliphatic rings. The predicted molar refractivity (Wildman–Crippen MR) is 92.8 cm³/mol. The average molecular weight is 343 g/mol. The second-order valence-electron chi connectivity index (χ2n) is 6.36. The van der Waals surface area contributed by atoms with Gasteiger partial charge in [-0.25, -0.2) is 4.79 Å². The minimum absolute atomic E-state index is 0.0133. The van der Waals surface area contributed by atoms with Gasteiger partial charge in [-0.1, -0.05) is 12.1 Å². The number of carbonyl (C=O) groups is 1. The average Bonchev–Trinajstić information content (AvgIpc) is 2.61. The molecule has 2 aromatic carbocycles. The Labute approximate surface area is 145 Å². The van der Waals surface area contributed by atoms with Crippen LogP contribution in [0.2, 0.25) is 0 Å². The zero-order chi connectivity index (χ0) is 18.0. The number of aliphatic hydroxyl groups is 1. The number of nitrogens with two attached hydrogens (primary N) is 1. The molecule has 6 nitrogen and oxygen atoms in total. The second-order valence-corrected chi connectivity index (χ2v) is 6.36. The quantitative estimate of drug-likeness (QED) is 0.295. The van der Waals surface area contributed by atoms with Crippen molar-refractivity contribution in [3.8, 4) is 17.2 Å². The summed E-state index contributed by atoms with van der Waals surface area (Å²) in [6, 6.07) is 9.76. The first-order chi connectivity index (χ1) is 12.0. The highest BCUT2D eigenvalue weighted by Crippen LogP contribution is 2.35. The van der Waals surface area contributed by atoms with Crippen LogP contribution in [0.1, 0.15) is 47.5 Å².